The average Bonchev–Trinajstić information content (AvgIpc) is 1.85. The molecule has 0 aliphatic heterocycles. The van der Waals surface area contributed by atoms with Crippen LogP contribution in [0.5, 0.6) is 0 Å². The van der Waals surface area contributed by atoms with Gasteiger partial charge in [0, 0.05) is 5.25 Å². The average molecular weight is 174 g/mol. The predicted octanol–water partition coefficient (Wildman–Crippen LogP) is 1.81. The van der Waals surface area contributed by atoms with Gasteiger partial charge in [-0.15, -0.1) is 0 Å². The first-order valence-electron chi connectivity index (χ1n) is 4.00. The standard InChI is InChI=1S/C8H14O2S/c1-5-2-6(8(9)10)4-7(11)3-5/h5-7,11H,2-4H2,1H3,(H,9,10). The minimum Gasteiger partial charge on any atom is -0.481 e. The van der Waals surface area contributed by atoms with Crippen LogP contribution in [0.1, 0.15) is 26.2 Å². The van der Waals surface area contributed by atoms with Crippen molar-refractivity contribution in [3.05, 3.63) is 0 Å². The van der Waals surface area contributed by atoms with Gasteiger partial charge < -0.3 is 5.11 Å². The van der Waals surface area contributed by atoms with E-state index in [-0.39, 0.29) is 5.92 Å². The molecule has 1 fully saturated rings. The molecule has 0 spiro atoms. The summed E-state index contributed by atoms with van der Waals surface area (Å²) in [5.74, 6) is -0.288. The molecule has 0 saturated heterocycles. The Balaban J connectivity index is 2.49. The highest BCUT2D eigenvalue weighted by Crippen LogP contribution is 2.31. The molecule has 0 aromatic rings. The Morgan fingerprint density at radius 2 is 2.09 bits per heavy atom. The van der Waals surface area contributed by atoms with Crippen LogP contribution in [0.3, 0.4) is 0 Å². The van der Waals surface area contributed by atoms with Crippen LogP contribution in [0.2, 0.25) is 0 Å². The SMILES string of the molecule is CC1CC(S)CC(C(=O)O)C1. The Hall–Kier alpha value is -0.180. The van der Waals surface area contributed by atoms with Crippen LogP contribution in [0.4, 0.5) is 0 Å². The molecular formula is C8H14O2S. The number of rotatable bonds is 1. The fourth-order valence-corrected chi connectivity index (χ4v) is 2.38. The van der Waals surface area contributed by atoms with Gasteiger partial charge in [-0.2, -0.15) is 12.6 Å². The number of carboxylic acid groups (broad SMARTS) is 1. The molecule has 11 heavy (non-hydrogen) atoms. The van der Waals surface area contributed by atoms with Crippen molar-refractivity contribution in [3.63, 3.8) is 0 Å². The van der Waals surface area contributed by atoms with Gasteiger partial charge in [0.1, 0.15) is 0 Å². The van der Waals surface area contributed by atoms with E-state index in [2.05, 4.69) is 19.6 Å². The van der Waals surface area contributed by atoms with E-state index >= 15 is 0 Å². The molecule has 3 atom stereocenters. The van der Waals surface area contributed by atoms with Crippen LogP contribution in [0.25, 0.3) is 0 Å². The molecule has 0 bridgehead atoms. The Labute approximate surface area is 72.4 Å². The summed E-state index contributed by atoms with van der Waals surface area (Å²) >= 11 is 4.31. The molecule has 3 unspecified atom stereocenters. The number of carbonyl (C=O) groups is 1. The smallest absolute Gasteiger partial charge is 0.306 e. The first-order valence-corrected chi connectivity index (χ1v) is 4.52. The van der Waals surface area contributed by atoms with E-state index in [4.69, 9.17) is 5.11 Å². The van der Waals surface area contributed by atoms with E-state index in [1.54, 1.807) is 0 Å². The molecular weight excluding hydrogens is 160 g/mol. The lowest BCUT2D eigenvalue weighted by molar-refractivity contribution is -0.143. The molecule has 2 nitrogen and oxygen atoms in total. The first kappa shape index (κ1) is 8.91. The Kier molecular flexibility index (Phi) is 2.82. The summed E-state index contributed by atoms with van der Waals surface area (Å²) in [5, 5.41) is 9.03. The maximum atomic E-state index is 10.6. The lowest BCUT2D eigenvalue weighted by Gasteiger charge is -2.27. The van der Waals surface area contributed by atoms with Gasteiger partial charge in [0.25, 0.3) is 0 Å². The molecule has 1 aliphatic carbocycles. The molecule has 0 amide bonds. The third-order valence-electron chi connectivity index (χ3n) is 2.27. The number of hydrogen-bond acceptors (Lipinski definition) is 2. The highest BCUT2D eigenvalue weighted by molar-refractivity contribution is 7.80. The molecule has 1 aliphatic rings. The number of thiol groups is 1. The van der Waals surface area contributed by atoms with Crippen molar-refractivity contribution >= 4 is 18.6 Å². The van der Waals surface area contributed by atoms with Crippen LogP contribution in [0.15, 0.2) is 0 Å². The second-order valence-electron chi connectivity index (χ2n) is 3.50. The lowest BCUT2D eigenvalue weighted by Crippen LogP contribution is -2.27. The van der Waals surface area contributed by atoms with E-state index in [9.17, 15) is 4.79 Å². The fraction of sp³-hybridized carbons (Fsp3) is 0.875. The molecule has 0 radical (unpaired) electrons. The Morgan fingerprint density at radius 3 is 2.55 bits per heavy atom. The number of hydrogen-bond donors (Lipinski definition) is 2. The van der Waals surface area contributed by atoms with Crippen molar-refractivity contribution in [2.75, 3.05) is 0 Å². The van der Waals surface area contributed by atoms with Crippen LogP contribution in [0, 0.1) is 11.8 Å². The molecule has 3 heteroatoms. The topological polar surface area (TPSA) is 37.3 Å². The van der Waals surface area contributed by atoms with Gasteiger partial charge in [0.2, 0.25) is 0 Å². The fourth-order valence-electron chi connectivity index (χ4n) is 1.77. The van der Waals surface area contributed by atoms with E-state index < -0.39 is 5.97 Å². The van der Waals surface area contributed by atoms with Gasteiger partial charge in [-0.05, 0) is 25.2 Å². The number of carboxylic acids is 1. The minimum absolute atomic E-state index is 0.152. The highest BCUT2D eigenvalue weighted by atomic mass is 32.1. The Morgan fingerprint density at radius 1 is 1.45 bits per heavy atom. The first-order chi connectivity index (χ1) is 5.09. The molecule has 0 aromatic carbocycles. The quantitative estimate of drug-likeness (QED) is 0.595. The molecule has 0 heterocycles. The van der Waals surface area contributed by atoms with Gasteiger partial charge in [0.15, 0.2) is 0 Å². The number of aliphatic carboxylic acids is 1. The van der Waals surface area contributed by atoms with Crippen molar-refractivity contribution in [1.29, 1.82) is 0 Å². The van der Waals surface area contributed by atoms with Crippen LogP contribution in [-0.2, 0) is 4.79 Å². The summed E-state index contributed by atoms with van der Waals surface area (Å²) in [6.07, 6.45) is 2.63. The molecule has 64 valence electrons. The Bertz CT molecular complexity index is 148. The molecule has 1 N–H and O–H groups in total. The lowest BCUT2D eigenvalue weighted by atomic mass is 9.82. The maximum Gasteiger partial charge on any atom is 0.306 e. The van der Waals surface area contributed by atoms with Crippen molar-refractivity contribution in [1.82, 2.24) is 0 Å². The minimum atomic E-state index is -0.657. The van der Waals surface area contributed by atoms with E-state index in [0.29, 0.717) is 11.2 Å². The predicted molar refractivity (Wildman–Crippen MR) is 46.9 cm³/mol. The summed E-state index contributed by atoms with van der Waals surface area (Å²) in [6.45, 7) is 2.10. The third-order valence-corrected chi connectivity index (χ3v) is 2.69. The van der Waals surface area contributed by atoms with Crippen molar-refractivity contribution in [3.8, 4) is 0 Å². The van der Waals surface area contributed by atoms with E-state index in [0.717, 1.165) is 19.3 Å². The third kappa shape index (κ3) is 2.40. The van der Waals surface area contributed by atoms with Crippen molar-refractivity contribution in [2.24, 2.45) is 11.8 Å². The van der Waals surface area contributed by atoms with Crippen molar-refractivity contribution in [2.45, 2.75) is 31.4 Å². The zero-order chi connectivity index (χ0) is 8.43. The van der Waals surface area contributed by atoms with Gasteiger partial charge in [0.05, 0.1) is 5.92 Å². The molecule has 1 rings (SSSR count). The zero-order valence-corrected chi connectivity index (χ0v) is 7.55. The summed E-state index contributed by atoms with van der Waals surface area (Å²) in [4.78, 5) is 10.6. The summed E-state index contributed by atoms with van der Waals surface area (Å²) in [6, 6.07) is 0. The summed E-state index contributed by atoms with van der Waals surface area (Å²) in [7, 11) is 0. The van der Waals surface area contributed by atoms with Gasteiger partial charge in [-0.1, -0.05) is 6.92 Å². The highest BCUT2D eigenvalue weighted by Gasteiger charge is 2.28. The summed E-state index contributed by atoms with van der Waals surface area (Å²) < 4.78 is 0. The van der Waals surface area contributed by atoms with E-state index in [1.807, 2.05) is 0 Å². The molecule has 0 aromatic heterocycles. The van der Waals surface area contributed by atoms with Crippen LogP contribution in [-0.4, -0.2) is 16.3 Å². The van der Waals surface area contributed by atoms with Crippen LogP contribution >= 0.6 is 12.6 Å². The zero-order valence-electron chi connectivity index (χ0n) is 6.66. The van der Waals surface area contributed by atoms with Crippen LogP contribution < -0.4 is 0 Å². The largest absolute Gasteiger partial charge is 0.481 e. The van der Waals surface area contributed by atoms with Gasteiger partial charge >= 0.3 is 5.97 Å². The molecule has 1 saturated carbocycles. The monoisotopic (exact) mass is 174 g/mol. The van der Waals surface area contributed by atoms with Crippen molar-refractivity contribution < 1.29 is 9.90 Å². The normalized spacial score (nSPS) is 38.5. The second kappa shape index (κ2) is 3.48. The second-order valence-corrected chi connectivity index (χ2v) is 4.23. The maximum absolute atomic E-state index is 10.6. The van der Waals surface area contributed by atoms with Gasteiger partial charge in [-0.25, -0.2) is 0 Å². The van der Waals surface area contributed by atoms with E-state index in [1.165, 1.54) is 0 Å². The van der Waals surface area contributed by atoms with Gasteiger partial charge in [-0.3, -0.25) is 4.79 Å². The summed E-state index contributed by atoms with van der Waals surface area (Å²) in [5.41, 5.74) is 0.